The van der Waals surface area contributed by atoms with E-state index in [1.165, 1.54) is 24.9 Å². The third kappa shape index (κ3) is 6.16. The van der Waals surface area contributed by atoms with Crippen LogP contribution >= 0.6 is 0 Å². The van der Waals surface area contributed by atoms with E-state index in [0.29, 0.717) is 0 Å². The molecule has 0 aliphatic carbocycles. The van der Waals surface area contributed by atoms with Crippen molar-refractivity contribution < 1.29 is 5.11 Å². The Morgan fingerprint density at radius 2 is 1.90 bits per heavy atom. The van der Waals surface area contributed by atoms with Crippen LogP contribution in [0.5, 0.6) is 0 Å². The normalized spacial score (nSPS) is 19.0. The van der Waals surface area contributed by atoms with Crippen molar-refractivity contribution in [3.8, 4) is 0 Å². The highest BCUT2D eigenvalue weighted by Crippen LogP contribution is 2.18. The molecule has 1 aliphatic rings. The fourth-order valence-corrected chi connectivity index (χ4v) is 3.22. The standard InChI is InChI=1S/C18H30N2O/c1-16(21)14-20-12-9-18(10-13-20)15-19(2)11-8-17-6-4-3-5-7-17/h3-7,16,18,21H,8-15H2,1-2H3/t16-/m0/s1. The number of aliphatic hydroxyl groups is 1. The van der Waals surface area contributed by atoms with Gasteiger partial charge in [-0.15, -0.1) is 0 Å². The van der Waals surface area contributed by atoms with Crippen molar-refractivity contribution in [2.24, 2.45) is 5.92 Å². The number of hydrogen-bond donors (Lipinski definition) is 1. The summed E-state index contributed by atoms with van der Waals surface area (Å²) in [5, 5.41) is 9.44. The van der Waals surface area contributed by atoms with E-state index in [2.05, 4.69) is 47.2 Å². The molecule has 1 N–H and O–H groups in total. The molecule has 3 nitrogen and oxygen atoms in total. The first kappa shape index (κ1) is 16.5. The Morgan fingerprint density at radius 3 is 2.52 bits per heavy atom. The average molecular weight is 290 g/mol. The molecule has 1 aromatic carbocycles. The van der Waals surface area contributed by atoms with Gasteiger partial charge >= 0.3 is 0 Å². The number of likely N-dealkylation sites (N-methyl/N-ethyl adjacent to an activating group) is 1. The summed E-state index contributed by atoms with van der Waals surface area (Å²) in [6.07, 6.45) is 3.47. The van der Waals surface area contributed by atoms with E-state index in [-0.39, 0.29) is 6.10 Å². The number of rotatable bonds is 7. The number of nitrogens with zero attached hydrogens (tertiary/aromatic N) is 2. The Kier molecular flexibility index (Phi) is 6.68. The van der Waals surface area contributed by atoms with E-state index < -0.39 is 0 Å². The lowest BCUT2D eigenvalue weighted by molar-refractivity contribution is 0.0927. The zero-order valence-electron chi connectivity index (χ0n) is 13.5. The molecule has 0 spiro atoms. The Balaban J connectivity index is 1.64. The van der Waals surface area contributed by atoms with Crippen LogP contribution in [0, 0.1) is 5.92 Å². The fourth-order valence-electron chi connectivity index (χ4n) is 3.22. The molecular weight excluding hydrogens is 260 g/mol. The van der Waals surface area contributed by atoms with Crippen LogP contribution in [0.15, 0.2) is 30.3 Å². The number of hydrogen-bond acceptors (Lipinski definition) is 3. The van der Waals surface area contributed by atoms with Crippen molar-refractivity contribution in [3.63, 3.8) is 0 Å². The Labute approximate surface area is 129 Å². The van der Waals surface area contributed by atoms with Crippen molar-refractivity contribution in [1.82, 2.24) is 9.80 Å². The van der Waals surface area contributed by atoms with E-state index in [9.17, 15) is 5.11 Å². The zero-order chi connectivity index (χ0) is 15.1. The summed E-state index contributed by atoms with van der Waals surface area (Å²) in [5.41, 5.74) is 1.43. The van der Waals surface area contributed by atoms with Crippen molar-refractivity contribution in [2.75, 3.05) is 39.8 Å². The van der Waals surface area contributed by atoms with Gasteiger partial charge in [0.2, 0.25) is 0 Å². The van der Waals surface area contributed by atoms with Crippen LogP contribution in [-0.2, 0) is 6.42 Å². The molecule has 1 heterocycles. The predicted octanol–water partition coefficient (Wildman–Crippen LogP) is 2.25. The predicted molar refractivity (Wildman–Crippen MR) is 88.5 cm³/mol. The molecule has 1 aromatic rings. The van der Waals surface area contributed by atoms with Crippen LogP contribution in [0.25, 0.3) is 0 Å². The van der Waals surface area contributed by atoms with Gasteiger partial charge in [0.15, 0.2) is 0 Å². The summed E-state index contributed by atoms with van der Waals surface area (Å²) < 4.78 is 0. The highest BCUT2D eigenvalue weighted by molar-refractivity contribution is 5.14. The van der Waals surface area contributed by atoms with E-state index in [4.69, 9.17) is 0 Å². The number of likely N-dealkylation sites (tertiary alicyclic amines) is 1. The summed E-state index contributed by atoms with van der Waals surface area (Å²) in [6, 6.07) is 10.7. The summed E-state index contributed by atoms with van der Waals surface area (Å²) in [7, 11) is 2.24. The Morgan fingerprint density at radius 1 is 1.24 bits per heavy atom. The van der Waals surface area contributed by atoms with Gasteiger partial charge in [-0.1, -0.05) is 30.3 Å². The van der Waals surface area contributed by atoms with E-state index in [1.54, 1.807) is 0 Å². The molecule has 1 aliphatic heterocycles. The second kappa shape index (κ2) is 8.52. The van der Waals surface area contributed by atoms with Crippen molar-refractivity contribution in [3.05, 3.63) is 35.9 Å². The van der Waals surface area contributed by atoms with Gasteiger partial charge in [0, 0.05) is 19.6 Å². The minimum Gasteiger partial charge on any atom is -0.392 e. The topological polar surface area (TPSA) is 26.7 Å². The Hall–Kier alpha value is -0.900. The van der Waals surface area contributed by atoms with E-state index in [0.717, 1.165) is 38.5 Å². The van der Waals surface area contributed by atoms with Crippen LogP contribution in [0.4, 0.5) is 0 Å². The molecule has 2 rings (SSSR count). The lowest BCUT2D eigenvalue weighted by Crippen LogP contribution is -2.40. The maximum absolute atomic E-state index is 9.44. The molecular formula is C18H30N2O. The molecule has 1 saturated heterocycles. The molecule has 0 bridgehead atoms. The van der Waals surface area contributed by atoms with Gasteiger partial charge in [-0.3, -0.25) is 0 Å². The van der Waals surface area contributed by atoms with E-state index in [1.807, 2.05) is 6.92 Å². The third-order valence-corrected chi connectivity index (χ3v) is 4.42. The van der Waals surface area contributed by atoms with Crippen LogP contribution in [0.1, 0.15) is 25.3 Å². The lowest BCUT2D eigenvalue weighted by Gasteiger charge is -2.34. The Bertz CT molecular complexity index is 385. The lowest BCUT2D eigenvalue weighted by atomic mass is 9.96. The van der Waals surface area contributed by atoms with Gasteiger partial charge in [-0.25, -0.2) is 0 Å². The minimum absolute atomic E-state index is 0.199. The number of β-amino-alcohol motifs (C(OH)–C–C–N with tert-alkyl or cyclic N) is 1. The maximum Gasteiger partial charge on any atom is 0.0639 e. The summed E-state index contributed by atoms with van der Waals surface area (Å²) >= 11 is 0. The van der Waals surface area contributed by atoms with Crippen molar-refractivity contribution in [2.45, 2.75) is 32.3 Å². The number of benzene rings is 1. The zero-order valence-corrected chi connectivity index (χ0v) is 13.5. The van der Waals surface area contributed by atoms with Crippen LogP contribution in [0.2, 0.25) is 0 Å². The molecule has 0 radical (unpaired) electrons. The summed E-state index contributed by atoms with van der Waals surface area (Å²) in [5.74, 6) is 0.816. The molecule has 0 aromatic heterocycles. The molecule has 0 saturated carbocycles. The number of piperidine rings is 1. The summed E-state index contributed by atoms with van der Waals surface area (Å²) in [4.78, 5) is 4.87. The SMILES string of the molecule is C[C@H](O)CN1CCC(CN(C)CCc2ccccc2)CC1. The molecule has 0 unspecified atom stereocenters. The molecule has 0 amide bonds. The summed E-state index contributed by atoms with van der Waals surface area (Å²) in [6.45, 7) is 7.33. The monoisotopic (exact) mass is 290 g/mol. The molecule has 1 fully saturated rings. The second-order valence-corrected chi connectivity index (χ2v) is 6.59. The number of aliphatic hydroxyl groups excluding tert-OH is 1. The van der Waals surface area contributed by atoms with Gasteiger partial charge < -0.3 is 14.9 Å². The van der Waals surface area contributed by atoms with Gasteiger partial charge in [0.1, 0.15) is 0 Å². The highest BCUT2D eigenvalue weighted by atomic mass is 16.3. The van der Waals surface area contributed by atoms with E-state index >= 15 is 0 Å². The largest absolute Gasteiger partial charge is 0.392 e. The average Bonchev–Trinajstić information content (AvgIpc) is 2.48. The third-order valence-electron chi connectivity index (χ3n) is 4.42. The van der Waals surface area contributed by atoms with Crippen LogP contribution < -0.4 is 0 Å². The molecule has 1 atom stereocenters. The first-order valence-corrected chi connectivity index (χ1v) is 8.26. The first-order chi connectivity index (χ1) is 10.1. The first-order valence-electron chi connectivity index (χ1n) is 8.26. The highest BCUT2D eigenvalue weighted by Gasteiger charge is 2.20. The van der Waals surface area contributed by atoms with Crippen LogP contribution in [0.3, 0.4) is 0 Å². The van der Waals surface area contributed by atoms with Gasteiger partial charge in [0.05, 0.1) is 6.10 Å². The maximum atomic E-state index is 9.44. The minimum atomic E-state index is -0.199. The van der Waals surface area contributed by atoms with Gasteiger partial charge in [0.25, 0.3) is 0 Å². The quantitative estimate of drug-likeness (QED) is 0.834. The fraction of sp³-hybridized carbons (Fsp3) is 0.667. The van der Waals surface area contributed by atoms with Crippen molar-refractivity contribution >= 4 is 0 Å². The molecule has 118 valence electrons. The molecule has 3 heteroatoms. The smallest absolute Gasteiger partial charge is 0.0639 e. The molecule has 21 heavy (non-hydrogen) atoms. The van der Waals surface area contributed by atoms with Gasteiger partial charge in [-0.05, 0) is 57.8 Å². The van der Waals surface area contributed by atoms with Crippen molar-refractivity contribution in [1.29, 1.82) is 0 Å². The van der Waals surface area contributed by atoms with Crippen LogP contribution in [-0.4, -0.2) is 60.8 Å². The van der Waals surface area contributed by atoms with Gasteiger partial charge in [-0.2, -0.15) is 0 Å². The second-order valence-electron chi connectivity index (χ2n) is 6.59.